The van der Waals surface area contributed by atoms with Gasteiger partial charge in [0.05, 0.1) is 5.69 Å². The lowest BCUT2D eigenvalue weighted by Crippen LogP contribution is -2.35. The zero-order valence-corrected chi connectivity index (χ0v) is 9.86. The molecule has 1 aromatic carbocycles. The van der Waals surface area contributed by atoms with Crippen molar-refractivity contribution in [3.05, 3.63) is 29.8 Å². The Morgan fingerprint density at radius 3 is 3.06 bits per heavy atom. The molecule has 0 bridgehead atoms. The molecular weight excluding hydrogens is 223 g/mol. The number of aromatic hydroxyl groups is 1. The van der Waals surface area contributed by atoms with Gasteiger partial charge in [-0.3, -0.25) is 0 Å². The quantitative estimate of drug-likeness (QED) is 0.534. The lowest BCUT2D eigenvalue weighted by Gasteiger charge is -2.22. The number of allylic oxidation sites excluding steroid dienone is 1. The van der Waals surface area contributed by atoms with Crippen LogP contribution in [0.5, 0.6) is 5.75 Å². The summed E-state index contributed by atoms with van der Waals surface area (Å²) in [5.74, 6) is 0.186. The Morgan fingerprint density at radius 1 is 1.62 bits per heavy atom. The second-order valence-corrected chi connectivity index (χ2v) is 4.19. The minimum absolute atomic E-state index is 0.186. The van der Waals surface area contributed by atoms with E-state index in [1.807, 2.05) is 0 Å². The maximum absolute atomic E-state index is 11.1. The molecule has 1 aromatic rings. The van der Waals surface area contributed by atoms with Gasteiger partial charge in [0.1, 0.15) is 5.75 Å². The Bertz CT molecular complexity index is 472. The third kappa shape index (κ3) is 1.76. The lowest BCUT2D eigenvalue weighted by molar-refractivity contribution is 0.251. The fourth-order valence-corrected chi connectivity index (χ4v) is 2.30. The van der Waals surface area contributed by atoms with Gasteiger partial charge in [-0.15, -0.1) is 15.8 Å². The fraction of sp³-hybridized carbons (Fsp3) is 0.182. The number of hydrogen-bond donors (Lipinski definition) is 3. The van der Waals surface area contributed by atoms with Crippen LogP contribution in [-0.4, -0.2) is 11.1 Å². The van der Waals surface area contributed by atoms with E-state index in [1.165, 1.54) is 0 Å². The number of rotatable bonds is 2. The number of fused-ring (bicyclic) bond motifs is 1. The summed E-state index contributed by atoms with van der Waals surface area (Å²) >= 11 is 0. The molecule has 0 aliphatic carbocycles. The zero-order chi connectivity index (χ0) is 11.7. The van der Waals surface area contributed by atoms with Crippen LogP contribution in [-0.2, 0) is 13.0 Å². The molecule has 0 spiro atoms. The van der Waals surface area contributed by atoms with Crippen molar-refractivity contribution in [2.45, 2.75) is 13.0 Å². The fourth-order valence-electron chi connectivity index (χ4n) is 1.77. The molecule has 0 radical (unpaired) electrons. The molecule has 4 nitrogen and oxygen atoms in total. The zero-order valence-electron chi connectivity index (χ0n) is 8.71. The van der Waals surface area contributed by atoms with Crippen molar-refractivity contribution in [2.24, 2.45) is 0 Å². The first-order valence-electron chi connectivity index (χ1n) is 4.92. The molecule has 0 fully saturated rings. The average Bonchev–Trinajstić information content (AvgIpc) is 2.23. The minimum Gasteiger partial charge on any atom is -0.508 e. The predicted molar refractivity (Wildman–Crippen MR) is 67.2 cm³/mol. The summed E-state index contributed by atoms with van der Waals surface area (Å²) in [5, 5.41) is 16.1. The molecule has 3 N–H and O–H groups in total. The van der Waals surface area contributed by atoms with Crippen molar-refractivity contribution >= 4 is 26.3 Å². The van der Waals surface area contributed by atoms with Crippen molar-refractivity contribution in [1.82, 2.24) is 5.32 Å². The highest BCUT2D eigenvalue weighted by atomic mass is 31.0. The van der Waals surface area contributed by atoms with E-state index < -0.39 is 0 Å². The van der Waals surface area contributed by atoms with Gasteiger partial charge in [-0.25, -0.2) is 4.79 Å². The van der Waals surface area contributed by atoms with E-state index in [-0.39, 0.29) is 11.8 Å². The number of anilines is 1. The molecule has 0 saturated carbocycles. The lowest BCUT2D eigenvalue weighted by atomic mass is 10.0. The van der Waals surface area contributed by atoms with Crippen molar-refractivity contribution in [1.29, 1.82) is 0 Å². The molecule has 1 aliphatic rings. The Labute approximate surface area is 95.9 Å². The van der Waals surface area contributed by atoms with Crippen molar-refractivity contribution in [3.8, 4) is 5.75 Å². The van der Waals surface area contributed by atoms with Gasteiger partial charge in [0.25, 0.3) is 0 Å². The first kappa shape index (κ1) is 11.0. The normalized spacial score (nSPS) is 13.7. The summed E-state index contributed by atoms with van der Waals surface area (Å²) in [6.07, 6.45) is 2.34. The van der Waals surface area contributed by atoms with Gasteiger partial charge in [0.2, 0.25) is 0 Å². The second kappa shape index (κ2) is 4.14. The molecule has 1 atom stereocenters. The molecule has 5 heteroatoms. The molecule has 2 rings (SSSR count). The number of hydrogen-bond acceptors (Lipinski definition) is 2. The van der Waals surface area contributed by atoms with E-state index in [0.717, 1.165) is 16.4 Å². The number of urea groups is 1. The summed E-state index contributed by atoms with van der Waals surface area (Å²) in [4.78, 5) is 11.1. The number of phenols is 1. The molecule has 1 unspecified atom stereocenters. The number of nitrogens with one attached hydrogen (secondary N) is 2. The number of benzene rings is 1. The summed E-state index contributed by atoms with van der Waals surface area (Å²) < 4.78 is 0. The molecule has 0 saturated heterocycles. The number of phenolic OH excluding ortho intramolecular Hbond substituents is 1. The van der Waals surface area contributed by atoms with Crippen LogP contribution in [0.4, 0.5) is 10.5 Å². The molecule has 16 heavy (non-hydrogen) atoms. The van der Waals surface area contributed by atoms with Crippen molar-refractivity contribution < 1.29 is 9.90 Å². The maximum atomic E-state index is 11.1. The van der Waals surface area contributed by atoms with Gasteiger partial charge in [-0.05, 0) is 11.7 Å². The Kier molecular flexibility index (Phi) is 2.84. The summed E-state index contributed by atoms with van der Waals surface area (Å²) in [7, 11) is 2.61. The topological polar surface area (TPSA) is 61.4 Å². The van der Waals surface area contributed by atoms with Gasteiger partial charge >= 0.3 is 6.03 Å². The van der Waals surface area contributed by atoms with Gasteiger partial charge in [0.15, 0.2) is 0 Å². The first-order chi connectivity index (χ1) is 7.63. The van der Waals surface area contributed by atoms with Gasteiger partial charge in [-0.1, -0.05) is 6.08 Å². The minimum atomic E-state index is -0.243. The standard InChI is InChI=1S/C11H13N2O2P/c1-2-3-6-9(14)4-8-7(10(6)16)5-12-11(15)13-8/h2,4,14H,1,3,5,16H2,(H2,12,13,15). The Morgan fingerprint density at radius 2 is 2.38 bits per heavy atom. The largest absolute Gasteiger partial charge is 0.508 e. The summed E-state index contributed by atoms with van der Waals surface area (Å²) in [6.45, 7) is 4.13. The highest BCUT2D eigenvalue weighted by Crippen LogP contribution is 2.28. The van der Waals surface area contributed by atoms with E-state index in [1.54, 1.807) is 12.1 Å². The summed E-state index contributed by atoms with van der Waals surface area (Å²) in [6, 6.07) is 1.34. The second-order valence-electron chi connectivity index (χ2n) is 3.61. The Hall–Kier alpha value is -1.54. The third-order valence-corrected chi connectivity index (χ3v) is 3.28. The van der Waals surface area contributed by atoms with Crippen LogP contribution in [0.15, 0.2) is 18.7 Å². The molecule has 1 heterocycles. The van der Waals surface area contributed by atoms with E-state index in [4.69, 9.17) is 0 Å². The maximum Gasteiger partial charge on any atom is 0.319 e. The van der Waals surface area contributed by atoms with Crippen LogP contribution in [0.1, 0.15) is 11.1 Å². The smallest absolute Gasteiger partial charge is 0.319 e. The predicted octanol–water partition coefficient (Wildman–Crippen LogP) is 1.26. The highest BCUT2D eigenvalue weighted by molar-refractivity contribution is 7.27. The third-order valence-electron chi connectivity index (χ3n) is 2.59. The summed E-state index contributed by atoms with van der Waals surface area (Å²) in [5.41, 5.74) is 2.48. The van der Waals surface area contributed by atoms with Crippen molar-refractivity contribution in [2.75, 3.05) is 5.32 Å². The molecule has 1 aliphatic heterocycles. The van der Waals surface area contributed by atoms with E-state index >= 15 is 0 Å². The molecule has 2 amide bonds. The number of amides is 2. The van der Waals surface area contributed by atoms with E-state index in [2.05, 4.69) is 26.5 Å². The van der Waals surface area contributed by atoms with Crippen LogP contribution in [0.3, 0.4) is 0 Å². The van der Waals surface area contributed by atoms with Crippen LogP contribution in [0.2, 0.25) is 0 Å². The first-order valence-corrected chi connectivity index (χ1v) is 5.50. The van der Waals surface area contributed by atoms with Gasteiger partial charge in [-0.2, -0.15) is 0 Å². The van der Waals surface area contributed by atoms with Crippen LogP contribution >= 0.6 is 9.24 Å². The van der Waals surface area contributed by atoms with Crippen LogP contribution in [0, 0.1) is 0 Å². The van der Waals surface area contributed by atoms with Crippen LogP contribution in [0.25, 0.3) is 0 Å². The van der Waals surface area contributed by atoms with Gasteiger partial charge < -0.3 is 15.7 Å². The molecule has 0 aromatic heterocycles. The van der Waals surface area contributed by atoms with Gasteiger partial charge in [0, 0.05) is 23.7 Å². The van der Waals surface area contributed by atoms with Crippen molar-refractivity contribution in [3.63, 3.8) is 0 Å². The van der Waals surface area contributed by atoms with E-state index in [0.29, 0.717) is 18.7 Å². The average molecular weight is 236 g/mol. The SMILES string of the molecule is C=CCc1c(O)cc2c(c1P)CNC(=O)N2. The van der Waals surface area contributed by atoms with Crippen LogP contribution < -0.4 is 15.9 Å². The molecule has 84 valence electrons. The Balaban J connectivity index is 2.54. The number of carbonyl (C=O) groups excluding carboxylic acids is 1. The monoisotopic (exact) mass is 236 g/mol. The molecular formula is C11H13N2O2P. The van der Waals surface area contributed by atoms with E-state index in [9.17, 15) is 9.90 Å². The highest BCUT2D eigenvalue weighted by Gasteiger charge is 2.19. The number of carbonyl (C=O) groups is 1.